The molecule has 0 bridgehead atoms. The van der Waals surface area contributed by atoms with Crippen LogP contribution >= 0.6 is 0 Å². The monoisotopic (exact) mass is 296 g/mol. The Balaban J connectivity index is 2.39. The fraction of sp³-hybridized carbons (Fsp3) is 0.364. The Hall–Kier alpha value is -2.75. The zero-order valence-electron chi connectivity index (χ0n) is 10.8. The Morgan fingerprint density at radius 1 is 1.33 bits per heavy atom. The van der Waals surface area contributed by atoms with Crippen LogP contribution in [0.3, 0.4) is 0 Å². The van der Waals surface area contributed by atoms with Gasteiger partial charge in [0.15, 0.2) is 0 Å². The summed E-state index contributed by atoms with van der Waals surface area (Å²) in [5.74, 6) is -1.19. The molecule has 0 aliphatic carbocycles. The van der Waals surface area contributed by atoms with E-state index in [1.165, 1.54) is 11.0 Å². The summed E-state index contributed by atoms with van der Waals surface area (Å²) in [5.41, 5.74) is 3.52. The number of nitro benzene ring substituents is 2. The average Bonchev–Trinajstić information content (AvgIpc) is 2.82. The van der Waals surface area contributed by atoms with Crippen molar-refractivity contribution in [3.63, 3.8) is 0 Å². The number of carbonyl (C=O) groups is 1. The second-order valence-electron chi connectivity index (χ2n) is 4.82. The zero-order valence-corrected chi connectivity index (χ0v) is 10.8. The molecule has 1 atom stereocenters. The molecule has 0 radical (unpaired) electrons. The molecule has 112 valence electrons. The fourth-order valence-electron chi connectivity index (χ4n) is 2.25. The van der Waals surface area contributed by atoms with Crippen molar-refractivity contribution < 1.29 is 19.7 Å². The number of carboxylic acids is 1. The quantitative estimate of drug-likeness (QED) is 0.601. The fourth-order valence-corrected chi connectivity index (χ4v) is 2.25. The number of aliphatic carboxylic acids is 1. The van der Waals surface area contributed by atoms with E-state index in [4.69, 9.17) is 10.8 Å². The van der Waals surface area contributed by atoms with Gasteiger partial charge in [-0.2, -0.15) is 0 Å². The standard InChI is InChI=1S/C11H12N4O6/c12-11(10(16)17)3-4-13(6-11)8-2-1-7(14(18)19)5-9(8)15(20)21/h1-2,5H,3-4,6,12H2,(H,16,17). The molecule has 1 aliphatic heterocycles. The Morgan fingerprint density at radius 3 is 2.48 bits per heavy atom. The van der Waals surface area contributed by atoms with Crippen molar-refractivity contribution in [3.05, 3.63) is 38.4 Å². The van der Waals surface area contributed by atoms with E-state index in [2.05, 4.69) is 0 Å². The summed E-state index contributed by atoms with van der Waals surface area (Å²) in [7, 11) is 0. The van der Waals surface area contributed by atoms with Gasteiger partial charge in [-0.3, -0.25) is 25.0 Å². The highest BCUT2D eigenvalue weighted by Gasteiger charge is 2.42. The second-order valence-corrected chi connectivity index (χ2v) is 4.82. The third-order valence-electron chi connectivity index (χ3n) is 3.43. The minimum absolute atomic E-state index is 0.0962. The molecule has 1 saturated heterocycles. The van der Waals surface area contributed by atoms with Gasteiger partial charge in [0.2, 0.25) is 0 Å². The SMILES string of the molecule is NC1(C(=O)O)CCN(c2ccc([N+](=O)[O-])cc2[N+](=O)[O-])C1. The summed E-state index contributed by atoms with van der Waals surface area (Å²) in [6, 6.07) is 3.23. The topological polar surface area (TPSA) is 153 Å². The van der Waals surface area contributed by atoms with Crippen molar-refractivity contribution >= 4 is 23.0 Å². The maximum absolute atomic E-state index is 11.1. The van der Waals surface area contributed by atoms with E-state index in [0.717, 1.165) is 12.1 Å². The summed E-state index contributed by atoms with van der Waals surface area (Å²) in [6.45, 7) is 0.127. The van der Waals surface area contributed by atoms with Gasteiger partial charge in [-0.15, -0.1) is 0 Å². The number of carboxylic acid groups (broad SMARTS) is 1. The van der Waals surface area contributed by atoms with Crippen LogP contribution in [0.5, 0.6) is 0 Å². The van der Waals surface area contributed by atoms with Gasteiger partial charge in [-0.25, -0.2) is 0 Å². The molecule has 1 aliphatic rings. The third kappa shape index (κ3) is 2.60. The minimum Gasteiger partial charge on any atom is -0.480 e. The third-order valence-corrected chi connectivity index (χ3v) is 3.43. The molecule has 3 N–H and O–H groups in total. The first-order valence-corrected chi connectivity index (χ1v) is 5.95. The van der Waals surface area contributed by atoms with Gasteiger partial charge in [0.1, 0.15) is 11.2 Å². The molecule has 0 spiro atoms. The average molecular weight is 296 g/mol. The normalized spacial score (nSPS) is 21.3. The Kier molecular flexibility index (Phi) is 3.47. The maximum Gasteiger partial charge on any atom is 0.325 e. The number of anilines is 1. The van der Waals surface area contributed by atoms with Crippen molar-refractivity contribution in [2.45, 2.75) is 12.0 Å². The van der Waals surface area contributed by atoms with Gasteiger partial charge in [-0.1, -0.05) is 0 Å². The molecule has 1 fully saturated rings. The van der Waals surface area contributed by atoms with E-state index < -0.39 is 32.7 Å². The van der Waals surface area contributed by atoms with Crippen molar-refractivity contribution in [2.24, 2.45) is 5.73 Å². The largest absolute Gasteiger partial charge is 0.480 e. The maximum atomic E-state index is 11.1. The number of hydrogen-bond donors (Lipinski definition) is 2. The van der Waals surface area contributed by atoms with Crippen molar-refractivity contribution in [3.8, 4) is 0 Å². The predicted octanol–water partition coefficient (Wildman–Crippen LogP) is 0.495. The Morgan fingerprint density at radius 2 is 2.00 bits per heavy atom. The van der Waals surface area contributed by atoms with Crippen LogP contribution in [-0.4, -0.2) is 39.6 Å². The van der Waals surface area contributed by atoms with E-state index in [9.17, 15) is 25.0 Å². The number of non-ortho nitro benzene ring substituents is 1. The van der Waals surface area contributed by atoms with Crippen LogP contribution in [-0.2, 0) is 4.79 Å². The number of nitro groups is 2. The summed E-state index contributed by atoms with van der Waals surface area (Å²) >= 11 is 0. The summed E-state index contributed by atoms with van der Waals surface area (Å²) < 4.78 is 0. The molecular weight excluding hydrogens is 284 g/mol. The number of nitrogens with two attached hydrogens (primary N) is 1. The smallest absolute Gasteiger partial charge is 0.325 e. The number of hydrogen-bond acceptors (Lipinski definition) is 7. The lowest BCUT2D eigenvalue weighted by Crippen LogP contribution is -2.50. The highest BCUT2D eigenvalue weighted by molar-refractivity contribution is 5.81. The number of nitrogens with zero attached hydrogens (tertiary/aromatic N) is 3. The first-order chi connectivity index (χ1) is 9.74. The Bertz CT molecular complexity index is 633. The molecule has 1 heterocycles. The highest BCUT2D eigenvalue weighted by atomic mass is 16.6. The van der Waals surface area contributed by atoms with E-state index in [-0.39, 0.29) is 25.2 Å². The lowest BCUT2D eigenvalue weighted by molar-refractivity contribution is -0.393. The van der Waals surface area contributed by atoms with E-state index in [0.29, 0.717) is 0 Å². The molecule has 21 heavy (non-hydrogen) atoms. The number of rotatable bonds is 4. The molecule has 2 rings (SSSR count). The minimum atomic E-state index is -1.48. The van der Waals surface area contributed by atoms with Crippen LogP contribution in [0.15, 0.2) is 18.2 Å². The second kappa shape index (κ2) is 4.98. The Labute approximate surface area is 118 Å². The summed E-state index contributed by atoms with van der Waals surface area (Å²) in [5, 5.41) is 30.8. The van der Waals surface area contributed by atoms with Gasteiger partial charge in [0, 0.05) is 19.2 Å². The van der Waals surface area contributed by atoms with Crippen LogP contribution in [0, 0.1) is 20.2 Å². The van der Waals surface area contributed by atoms with E-state index >= 15 is 0 Å². The van der Waals surface area contributed by atoms with Crippen LogP contribution in [0.25, 0.3) is 0 Å². The van der Waals surface area contributed by atoms with Crippen LogP contribution in [0.4, 0.5) is 17.1 Å². The van der Waals surface area contributed by atoms with Gasteiger partial charge >= 0.3 is 5.97 Å². The molecule has 1 aromatic carbocycles. The highest BCUT2D eigenvalue weighted by Crippen LogP contribution is 2.35. The lowest BCUT2D eigenvalue weighted by Gasteiger charge is -2.21. The summed E-state index contributed by atoms with van der Waals surface area (Å²) in [6.07, 6.45) is 0.135. The van der Waals surface area contributed by atoms with Gasteiger partial charge in [0.05, 0.1) is 15.9 Å². The van der Waals surface area contributed by atoms with Crippen LogP contribution in [0.2, 0.25) is 0 Å². The van der Waals surface area contributed by atoms with Crippen LogP contribution < -0.4 is 10.6 Å². The predicted molar refractivity (Wildman–Crippen MR) is 71.1 cm³/mol. The molecule has 0 saturated carbocycles. The van der Waals surface area contributed by atoms with E-state index in [1.807, 2.05) is 0 Å². The molecule has 1 unspecified atom stereocenters. The van der Waals surface area contributed by atoms with Crippen molar-refractivity contribution in [1.82, 2.24) is 0 Å². The molecular formula is C11H12N4O6. The molecule has 0 aromatic heterocycles. The van der Waals surface area contributed by atoms with Gasteiger partial charge < -0.3 is 15.7 Å². The first-order valence-electron chi connectivity index (χ1n) is 5.95. The van der Waals surface area contributed by atoms with Gasteiger partial charge in [0.25, 0.3) is 11.4 Å². The van der Waals surface area contributed by atoms with E-state index in [1.54, 1.807) is 0 Å². The van der Waals surface area contributed by atoms with Gasteiger partial charge in [-0.05, 0) is 12.5 Å². The first kappa shape index (κ1) is 14.7. The molecule has 10 nitrogen and oxygen atoms in total. The number of benzene rings is 1. The zero-order chi connectivity index (χ0) is 15.8. The van der Waals surface area contributed by atoms with Crippen molar-refractivity contribution in [2.75, 3.05) is 18.0 Å². The van der Waals surface area contributed by atoms with Crippen molar-refractivity contribution in [1.29, 1.82) is 0 Å². The summed E-state index contributed by atoms with van der Waals surface area (Å²) in [4.78, 5) is 32.8. The molecule has 10 heteroatoms. The molecule has 0 amide bonds. The lowest BCUT2D eigenvalue weighted by atomic mass is 10.0. The molecule has 1 aromatic rings. The van der Waals surface area contributed by atoms with Crippen LogP contribution in [0.1, 0.15) is 6.42 Å².